The summed E-state index contributed by atoms with van der Waals surface area (Å²) in [4.78, 5) is 8.69. The lowest BCUT2D eigenvalue weighted by Crippen LogP contribution is -1.98. The Kier molecular flexibility index (Phi) is 6.07. The molecule has 21 heavy (non-hydrogen) atoms. The summed E-state index contributed by atoms with van der Waals surface area (Å²) in [5, 5.41) is 1.98. The molecule has 0 radical (unpaired) electrons. The van der Waals surface area contributed by atoms with Crippen molar-refractivity contribution in [2.45, 2.75) is 24.3 Å². The normalized spacial score (nSPS) is 10.8. The molecule has 0 bridgehead atoms. The summed E-state index contributed by atoms with van der Waals surface area (Å²) in [6.45, 7) is 0.762. The van der Waals surface area contributed by atoms with Gasteiger partial charge in [-0.15, -0.1) is 11.8 Å². The molecule has 1 heterocycles. The molecule has 0 saturated heterocycles. The average Bonchev–Trinajstić information content (AvgIpc) is 2.53. The van der Waals surface area contributed by atoms with Crippen molar-refractivity contribution >= 4 is 22.7 Å². The third kappa shape index (κ3) is 3.98. The van der Waals surface area contributed by atoms with Gasteiger partial charge in [-0.2, -0.15) is 0 Å². The van der Waals surface area contributed by atoms with Gasteiger partial charge in [0.1, 0.15) is 11.4 Å². The maximum absolute atomic E-state index is 5.50. The topological polar surface area (TPSA) is 70.3 Å². The highest BCUT2D eigenvalue weighted by Gasteiger charge is 2.10. The molecule has 1 aromatic heterocycles. The minimum absolute atomic E-state index is 0.683. The number of nitrogens with zero attached hydrogens (tertiary/aromatic N) is 2. The van der Waals surface area contributed by atoms with Crippen LogP contribution < -0.4 is 15.2 Å². The predicted molar refractivity (Wildman–Crippen MR) is 86.3 cm³/mol. The molecule has 2 aromatic rings. The van der Waals surface area contributed by atoms with Crippen LogP contribution >= 0.6 is 11.8 Å². The zero-order valence-corrected chi connectivity index (χ0v) is 13.3. The fourth-order valence-electron chi connectivity index (χ4n) is 2.07. The molecule has 0 fully saturated rings. The molecule has 2 rings (SSSR count). The second kappa shape index (κ2) is 8.05. The standard InChI is InChI=1S/C15H21N3O2S/c1-19-13-8-11-12(9-14(13)20-2)17-10-18-15(11)21-7-5-3-4-6-16/h8-10H,3-7,16H2,1-2H3. The number of rotatable bonds is 8. The number of hydrogen-bond donors (Lipinski definition) is 1. The maximum atomic E-state index is 5.50. The van der Waals surface area contributed by atoms with Crippen molar-refractivity contribution in [1.82, 2.24) is 9.97 Å². The number of aromatic nitrogens is 2. The van der Waals surface area contributed by atoms with Crippen molar-refractivity contribution in [3.63, 3.8) is 0 Å². The number of hydrogen-bond acceptors (Lipinski definition) is 6. The van der Waals surface area contributed by atoms with Crippen molar-refractivity contribution in [1.29, 1.82) is 0 Å². The van der Waals surface area contributed by atoms with Crippen LogP contribution in [0.4, 0.5) is 0 Å². The lowest BCUT2D eigenvalue weighted by Gasteiger charge is -2.10. The molecule has 5 nitrogen and oxygen atoms in total. The fraction of sp³-hybridized carbons (Fsp3) is 0.467. The smallest absolute Gasteiger partial charge is 0.162 e. The van der Waals surface area contributed by atoms with Crippen LogP contribution in [0.25, 0.3) is 10.9 Å². The van der Waals surface area contributed by atoms with Crippen LogP contribution in [-0.4, -0.2) is 36.5 Å². The first kappa shape index (κ1) is 15.9. The number of ether oxygens (including phenoxy) is 2. The monoisotopic (exact) mass is 307 g/mol. The first-order valence-corrected chi connectivity index (χ1v) is 7.98. The van der Waals surface area contributed by atoms with Gasteiger partial charge in [0.2, 0.25) is 0 Å². The number of benzene rings is 1. The molecule has 2 N–H and O–H groups in total. The summed E-state index contributed by atoms with van der Waals surface area (Å²) in [5.41, 5.74) is 6.37. The third-order valence-electron chi connectivity index (χ3n) is 3.19. The van der Waals surface area contributed by atoms with E-state index in [0.29, 0.717) is 11.5 Å². The van der Waals surface area contributed by atoms with Crippen molar-refractivity contribution in [3.8, 4) is 11.5 Å². The molecule has 0 atom stereocenters. The number of nitrogens with two attached hydrogens (primary N) is 1. The van der Waals surface area contributed by atoms with Gasteiger partial charge >= 0.3 is 0 Å². The molecular formula is C15H21N3O2S. The Bertz CT molecular complexity index is 592. The van der Waals surface area contributed by atoms with Gasteiger partial charge in [0.05, 0.1) is 19.7 Å². The first-order valence-electron chi connectivity index (χ1n) is 6.99. The van der Waals surface area contributed by atoms with E-state index in [1.807, 2.05) is 12.1 Å². The van der Waals surface area contributed by atoms with Crippen LogP contribution in [0.15, 0.2) is 23.5 Å². The minimum Gasteiger partial charge on any atom is -0.493 e. The van der Waals surface area contributed by atoms with Gasteiger partial charge in [0.15, 0.2) is 11.5 Å². The molecule has 0 aliphatic heterocycles. The number of methoxy groups -OCH3 is 2. The van der Waals surface area contributed by atoms with E-state index in [1.165, 1.54) is 0 Å². The average molecular weight is 307 g/mol. The van der Waals surface area contributed by atoms with E-state index in [2.05, 4.69) is 9.97 Å². The van der Waals surface area contributed by atoms with Crippen molar-refractivity contribution in [2.24, 2.45) is 5.73 Å². The summed E-state index contributed by atoms with van der Waals surface area (Å²) in [5.74, 6) is 2.41. The summed E-state index contributed by atoms with van der Waals surface area (Å²) >= 11 is 1.74. The van der Waals surface area contributed by atoms with E-state index < -0.39 is 0 Å². The van der Waals surface area contributed by atoms with Gasteiger partial charge in [-0.1, -0.05) is 6.42 Å². The number of unbranched alkanes of at least 4 members (excludes halogenated alkanes) is 2. The Labute approximate surface area is 129 Å². The fourth-order valence-corrected chi connectivity index (χ4v) is 3.05. The minimum atomic E-state index is 0.683. The van der Waals surface area contributed by atoms with E-state index in [4.69, 9.17) is 15.2 Å². The summed E-state index contributed by atoms with van der Waals surface area (Å²) < 4.78 is 10.7. The molecule has 0 aliphatic rings. The van der Waals surface area contributed by atoms with E-state index >= 15 is 0 Å². The third-order valence-corrected chi connectivity index (χ3v) is 4.28. The van der Waals surface area contributed by atoms with Gasteiger partial charge in [-0.25, -0.2) is 9.97 Å². The Morgan fingerprint density at radius 3 is 2.52 bits per heavy atom. The second-order valence-electron chi connectivity index (χ2n) is 4.60. The largest absolute Gasteiger partial charge is 0.493 e. The van der Waals surface area contributed by atoms with Gasteiger partial charge in [-0.05, 0) is 31.2 Å². The van der Waals surface area contributed by atoms with Crippen molar-refractivity contribution < 1.29 is 9.47 Å². The summed E-state index contributed by atoms with van der Waals surface area (Å²) in [7, 11) is 3.26. The number of fused-ring (bicyclic) bond motifs is 1. The van der Waals surface area contributed by atoms with E-state index in [1.54, 1.807) is 32.3 Å². The molecular weight excluding hydrogens is 286 g/mol. The highest BCUT2D eigenvalue weighted by Crippen LogP contribution is 2.34. The van der Waals surface area contributed by atoms with E-state index in [0.717, 1.165) is 47.5 Å². The molecule has 0 unspecified atom stereocenters. The molecule has 0 aliphatic carbocycles. The van der Waals surface area contributed by atoms with E-state index in [-0.39, 0.29) is 0 Å². The van der Waals surface area contributed by atoms with Crippen LogP contribution in [0.2, 0.25) is 0 Å². The highest BCUT2D eigenvalue weighted by molar-refractivity contribution is 7.99. The quantitative estimate of drug-likeness (QED) is 0.459. The predicted octanol–water partition coefficient (Wildman–Crippen LogP) is 2.87. The zero-order valence-electron chi connectivity index (χ0n) is 12.5. The second-order valence-corrected chi connectivity index (χ2v) is 5.68. The molecule has 6 heteroatoms. The Balaban J connectivity index is 2.19. The van der Waals surface area contributed by atoms with Crippen LogP contribution in [0.5, 0.6) is 11.5 Å². The van der Waals surface area contributed by atoms with Gasteiger partial charge < -0.3 is 15.2 Å². The maximum Gasteiger partial charge on any atom is 0.162 e. The first-order chi connectivity index (χ1) is 10.3. The highest BCUT2D eigenvalue weighted by atomic mass is 32.2. The SMILES string of the molecule is COc1cc2ncnc(SCCCCCN)c2cc1OC. The summed E-state index contributed by atoms with van der Waals surface area (Å²) in [6.07, 6.45) is 4.97. The van der Waals surface area contributed by atoms with Crippen LogP contribution in [-0.2, 0) is 0 Å². The van der Waals surface area contributed by atoms with Crippen LogP contribution in [0.3, 0.4) is 0 Å². The number of thioether (sulfide) groups is 1. The Hall–Kier alpha value is -1.53. The van der Waals surface area contributed by atoms with Crippen LogP contribution in [0.1, 0.15) is 19.3 Å². The molecule has 0 saturated carbocycles. The Morgan fingerprint density at radius 2 is 1.81 bits per heavy atom. The molecule has 0 spiro atoms. The van der Waals surface area contributed by atoms with Crippen molar-refractivity contribution in [2.75, 3.05) is 26.5 Å². The van der Waals surface area contributed by atoms with Gasteiger partial charge in [0, 0.05) is 11.5 Å². The van der Waals surface area contributed by atoms with Gasteiger partial charge in [-0.3, -0.25) is 0 Å². The Morgan fingerprint density at radius 1 is 1.05 bits per heavy atom. The zero-order chi connectivity index (χ0) is 15.1. The molecule has 1 aromatic carbocycles. The summed E-state index contributed by atoms with van der Waals surface area (Å²) in [6, 6.07) is 3.82. The molecule has 114 valence electrons. The van der Waals surface area contributed by atoms with Gasteiger partial charge in [0.25, 0.3) is 0 Å². The van der Waals surface area contributed by atoms with Crippen LogP contribution in [0, 0.1) is 0 Å². The molecule has 0 amide bonds. The lowest BCUT2D eigenvalue weighted by molar-refractivity contribution is 0.355. The van der Waals surface area contributed by atoms with Crippen molar-refractivity contribution in [3.05, 3.63) is 18.5 Å². The van der Waals surface area contributed by atoms with E-state index in [9.17, 15) is 0 Å². The lowest BCUT2D eigenvalue weighted by atomic mass is 10.2.